The summed E-state index contributed by atoms with van der Waals surface area (Å²) in [5.41, 5.74) is 2.18. The maximum absolute atomic E-state index is 12.9. The SMILES string of the molecule is Cc1ccc(C(=O)Nc2c(C(=O)Nc3ccc(OC(F)(F)F)cc3)oc3ccccc23)cc1. The molecule has 0 aliphatic rings. The third-order valence-electron chi connectivity index (χ3n) is 4.70. The van der Waals surface area contributed by atoms with E-state index in [1.807, 2.05) is 6.92 Å². The lowest BCUT2D eigenvalue weighted by Gasteiger charge is -2.10. The van der Waals surface area contributed by atoms with E-state index in [4.69, 9.17) is 4.42 Å². The molecule has 3 aromatic carbocycles. The van der Waals surface area contributed by atoms with E-state index in [2.05, 4.69) is 15.4 Å². The van der Waals surface area contributed by atoms with Crippen molar-refractivity contribution in [3.8, 4) is 5.75 Å². The van der Waals surface area contributed by atoms with Crippen LogP contribution in [-0.4, -0.2) is 18.2 Å². The Balaban J connectivity index is 1.60. The van der Waals surface area contributed by atoms with Gasteiger partial charge in [0, 0.05) is 16.6 Å². The molecule has 0 saturated heterocycles. The van der Waals surface area contributed by atoms with Crippen LogP contribution in [0, 0.1) is 6.92 Å². The minimum atomic E-state index is -4.82. The largest absolute Gasteiger partial charge is 0.573 e. The molecule has 4 aromatic rings. The molecule has 0 saturated carbocycles. The summed E-state index contributed by atoms with van der Waals surface area (Å²) in [5.74, 6) is -1.68. The third-order valence-corrected chi connectivity index (χ3v) is 4.70. The number of anilines is 2. The number of aryl methyl sites for hydroxylation is 1. The van der Waals surface area contributed by atoms with Crippen molar-refractivity contribution in [1.82, 2.24) is 0 Å². The molecule has 2 amide bonds. The van der Waals surface area contributed by atoms with Crippen LogP contribution >= 0.6 is 0 Å². The summed E-state index contributed by atoms with van der Waals surface area (Å²) < 4.78 is 46.5. The number of nitrogens with one attached hydrogen (secondary N) is 2. The Morgan fingerprint density at radius 1 is 0.848 bits per heavy atom. The van der Waals surface area contributed by atoms with Gasteiger partial charge >= 0.3 is 6.36 Å². The van der Waals surface area contributed by atoms with Crippen LogP contribution < -0.4 is 15.4 Å². The van der Waals surface area contributed by atoms with E-state index in [0.717, 1.165) is 17.7 Å². The molecule has 9 heteroatoms. The number of alkyl halides is 3. The van der Waals surface area contributed by atoms with Gasteiger partial charge in [0.25, 0.3) is 11.8 Å². The number of amides is 2. The average Bonchev–Trinajstić information content (AvgIpc) is 3.13. The van der Waals surface area contributed by atoms with Gasteiger partial charge in [-0.1, -0.05) is 29.8 Å². The number of ether oxygens (including phenoxy) is 1. The number of benzene rings is 3. The van der Waals surface area contributed by atoms with Gasteiger partial charge in [-0.3, -0.25) is 9.59 Å². The number of hydrogen-bond donors (Lipinski definition) is 2. The minimum absolute atomic E-state index is 0.146. The van der Waals surface area contributed by atoms with Gasteiger partial charge in [0.05, 0.1) is 0 Å². The fourth-order valence-corrected chi connectivity index (χ4v) is 3.15. The van der Waals surface area contributed by atoms with Gasteiger partial charge in [-0.05, 0) is 55.5 Å². The molecule has 0 atom stereocenters. The van der Waals surface area contributed by atoms with E-state index in [1.165, 1.54) is 12.1 Å². The monoisotopic (exact) mass is 454 g/mol. The molecule has 1 heterocycles. The zero-order valence-electron chi connectivity index (χ0n) is 17.2. The van der Waals surface area contributed by atoms with Crippen LogP contribution in [-0.2, 0) is 0 Å². The number of halogens is 3. The quantitative estimate of drug-likeness (QED) is 0.379. The molecule has 0 radical (unpaired) electrons. The molecule has 0 spiro atoms. The van der Waals surface area contributed by atoms with Crippen LogP contribution in [0.3, 0.4) is 0 Å². The lowest BCUT2D eigenvalue weighted by Crippen LogP contribution is -2.18. The van der Waals surface area contributed by atoms with Crippen LogP contribution in [0.15, 0.2) is 77.2 Å². The van der Waals surface area contributed by atoms with Crippen molar-refractivity contribution in [3.05, 3.63) is 89.7 Å². The van der Waals surface area contributed by atoms with Gasteiger partial charge in [0.15, 0.2) is 0 Å². The molecule has 4 rings (SSSR count). The summed E-state index contributed by atoms with van der Waals surface area (Å²) in [7, 11) is 0. The lowest BCUT2D eigenvalue weighted by molar-refractivity contribution is -0.274. The van der Waals surface area contributed by atoms with Crippen molar-refractivity contribution in [2.45, 2.75) is 13.3 Å². The van der Waals surface area contributed by atoms with Crippen LogP contribution in [0.1, 0.15) is 26.5 Å². The van der Waals surface area contributed by atoms with Crippen LogP contribution in [0.5, 0.6) is 5.75 Å². The molecule has 2 N–H and O–H groups in total. The second-order valence-electron chi connectivity index (χ2n) is 7.15. The number of fused-ring (bicyclic) bond motifs is 1. The first-order chi connectivity index (χ1) is 15.7. The Labute approximate surface area is 186 Å². The van der Waals surface area contributed by atoms with E-state index in [9.17, 15) is 22.8 Å². The van der Waals surface area contributed by atoms with Crippen molar-refractivity contribution in [2.75, 3.05) is 10.6 Å². The van der Waals surface area contributed by atoms with Crippen molar-refractivity contribution in [3.63, 3.8) is 0 Å². The maximum Gasteiger partial charge on any atom is 0.573 e. The van der Waals surface area contributed by atoms with Gasteiger partial charge in [-0.15, -0.1) is 13.2 Å². The van der Waals surface area contributed by atoms with E-state index in [-0.39, 0.29) is 17.1 Å². The Morgan fingerprint density at radius 2 is 1.52 bits per heavy atom. The standard InChI is InChI=1S/C24H17F3N2O4/c1-14-6-8-15(9-7-14)22(30)29-20-18-4-2-3-5-19(18)32-21(20)23(31)28-16-10-12-17(13-11-16)33-24(25,26)27/h2-13H,1H3,(H,28,31)(H,29,30). The number of carbonyl (C=O) groups excluding carboxylic acids is 2. The van der Waals surface area contributed by atoms with E-state index in [0.29, 0.717) is 16.5 Å². The lowest BCUT2D eigenvalue weighted by atomic mass is 10.1. The highest BCUT2D eigenvalue weighted by atomic mass is 19.4. The summed E-state index contributed by atoms with van der Waals surface area (Å²) in [6.07, 6.45) is -4.82. The Hall–Kier alpha value is -4.27. The number of hydrogen-bond acceptors (Lipinski definition) is 4. The van der Waals surface area contributed by atoms with Crippen molar-refractivity contribution in [1.29, 1.82) is 0 Å². The van der Waals surface area contributed by atoms with E-state index in [1.54, 1.807) is 48.5 Å². The van der Waals surface area contributed by atoms with E-state index >= 15 is 0 Å². The van der Waals surface area contributed by atoms with Gasteiger partial charge in [-0.2, -0.15) is 0 Å². The Morgan fingerprint density at radius 3 is 2.18 bits per heavy atom. The highest BCUT2D eigenvalue weighted by Gasteiger charge is 2.31. The number of rotatable bonds is 5. The highest BCUT2D eigenvalue weighted by molar-refractivity contribution is 6.16. The molecule has 0 aliphatic heterocycles. The maximum atomic E-state index is 12.9. The summed E-state index contributed by atoms with van der Waals surface area (Å²) in [6.45, 7) is 1.90. The summed E-state index contributed by atoms with van der Waals surface area (Å²) in [6, 6.07) is 18.4. The van der Waals surface area contributed by atoms with Crippen molar-refractivity contribution < 1.29 is 31.9 Å². The fraction of sp³-hybridized carbons (Fsp3) is 0.0833. The first kappa shape index (κ1) is 21.9. The Kier molecular flexibility index (Phi) is 5.78. The number of para-hydroxylation sites is 1. The van der Waals surface area contributed by atoms with Crippen LogP contribution in [0.2, 0.25) is 0 Å². The smallest absolute Gasteiger partial charge is 0.449 e. The van der Waals surface area contributed by atoms with Crippen molar-refractivity contribution in [2.24, 2.45) is 0 Å². The average molecular weight is 454 g/mol. The molecule has 0 aliphatic carbocycles. The zero-order valence-corrected chi connectivity index (χ0v) is 17.2. The summed E-state index contributed by atoms with van der Waals surface area (Å²) in [5, 5.41) is 5.81. The molecule has 168 valence electrons. The normalized spacial score (nSPS) is 11.3. The number of furan rings is 1. The summed E-state index contributed by atoms with van der Waals surface area (Å²) >= 11 is 0. The Bertz CT molecular complexity index is 1310. The molecular weight excluding hydrogens is 437 g/mol. The van der Waals surface area contributed by atoms with Crippen LogP contribution in [0.25, 0.3) is 11.0 Å². The van der Waals surface area contributed by atoms with Gasteiger partial charge in [0.1, 0.15) is 17.0 Å². The second kappa shape index (κ2) is 8.70. The first-order valence-corrected chi connectivity index (χ1v) is 9.76. The predicted molar refractivity (Wildman–Crippen MR) is 116 cm³/mol. The molecule has 0 unspecified atom stereocenters. The molecule has 0 fully saturated rings. The van der Waals surface area contributed by atoms with Gasteiger partial charge < -0.3 is 19.8 Å². The predicted octanol–water partition coefficient (Wildman–Crippen LogP) is 6.14. The second-order valence-corrected chi connectivity index (χ2v) is 7.15. The summed E-state index contributed by atoms with van der Waals surface area (Å²) in [4.78, 5) is 25.7. The molecule has 6 nitrogen and oxygen atoms in total. The topological polar surface area (TPSA) is 80.6 Å². The van der Waals surface area contributed by atoms with Gasteiger partial charge in [0.2, 0.25) is 5.76 Å². The van der Waals surface area contributed by atoms with E-state index < -0.39 is 23.9 Å². The zero-order chi connectivity index (χ0) is 23.6. The highest BCUT2D eigenvalue weighted by Crippen LogP contribution is 2.32. The molecule has 33 heavy (non-hydrogen) atoms. The molecule has 0 bridgehead atoms. The van der Waals surface area contributed by atoms with Gasteiger partial charge in [-0.25, -0.2) is 0 Å². The number of carbonyl (C=O) groups is 2. The van der Waals surface area contributed by atoms with Crippen LogP contribution in [0.4, 0.5) is 24.5 Å². The molecular formula is C24H17F3N2O4. The third kappa shape index (κ3) is 5.15. The fourth-order valence-electron chi connectivity index (χ4n) is 3.15. The minimum Gasteiger partial charge on any atom is -0.449 e. The van der Waals surface area contributed by atoms with Crippen molar-refractivity contribution >= 4 is 34.2 Å². The molecule has 1 aromatic heterocycles. The first-order valence-electron chi connectivity index (χ1n) is 9.76.